The molecule has 1 saturated carbocycles. The Morgan fingerprint density at radius 1 is 0.923 bits per heavy atom. The fourth-order valence-electron chi connectivity index (χ4n) is 4.25. The van der Waals surface area contributed by atoms with Gasteiger partial charge >= 0.3 is 0 Å². The molecule has 2 aromatic carbocycles. The van der Waals surface area contributed by atoms with Gasteiger partial charge in [-0.25, -0.2) is 0 Å². The molecule has 0 amide bonds. The van der Waals surface area contributed by atoms with E-state index in [1.165, 1.54) is 10.4 Å². The summed E-state index contributed by atoms with van der Waals surface area (Å²) in [6.45, 7) is 6.83. The first-order chi connectivity index (χ1) is 12.4. The van der Waals surface area contributed by atoms with Gasteiger partial charge in [-0.3, -0.25) is 0 Å². The minimum Gasteiger partial charge on any atom is -0.407 e. The predicted octanol–water partition coefficient (Wildman–Crippen LogP) is 3.51. The highest BCUT2D eigenvalue weighted by atomic mass is 28.3. The van der Waals surface area contributed by atoms with Crippen LogP contribution in [-0.2, 0) is 4.43 Å². The zero-order valence-corrected chi connectivity index (χ0v) is 17.4. The molecule has 1 fully saturated rings. The van der Waals surface area contributed by atoms with E-state index in [1.807, 2.05) is 0 Å². The fourth-order valence-corrected chi connectivity index (χ4v) is 7.02. The van der Waals surface area contributed by atoms with Crippen molar-refractivity contribution in [3.63, 3.8) is 0 Å². The highest BCUT2D eigenvalue weighted by Crippen LogP contribution is 2.37. The van der Waals surface area contributed by atoms with E-state index in [0.29, 0.717) is 5.92 Å². The van der Waals surface area contributed by atoms with Crippen LogP contribution in [0.15, 0.2) is 60.7 Å². The van der Waals surface area contributed by atoms with Gasteiger partial charge < -0.3 is 9.53 Å². The van der Waals surface area contributed by atoms with Crippen molar-refractivity contribution in [2.45, 2.75) is 58.7 Å². The van der Waals surface area contributed by atoms with Gasteiger partial charge in [0.1, 0.15) is 0 Å². The molecule has 1 aliphatic carbocycles. The second kappa shape index (κ2) is 8.51. The lowest BCUT2D eigenvalue weighted by Crippen LogP contribution is -2.52. The molecule has 0 heterocycles. The lowest BCUT2D eigenvalue weighted by Gasteiger charge is -2.42. The van der Waals surface area contributed by atoms with Crippen LogP contribution in [0.3, 0.4) is 0 Å². The molecule has 0 radical (unpaired) electrons. The molecule has 2 aromatic rings. The molecule has 1 N–H and O–H groups in total. The summed E-state index contributed by atoms with van der Waals surface area (Å²) in [5.41, 5.74) is 0.0521. The van der Waals surface area contributed by atoms with E-state index in [9.17, 15) is 5.11 Å². The van der Waals surface area contributed by atoms with E-state index in [1.54, 1.807) is 0 Å². The Morgan fingerprint density at radius 3 is 1.92 bits per heavy atom. The Kier molecular flexibility index (Phi) is 6.33. The van der Waals surface area contributed by atoms with Crippen LogP contribution in [0.5, 0.6) is 0 Å². The van der Waals surface area contributed by atoms with Gasteiger partial charge in [-0.1, -0.05) is 87.9 Å². The SMILES string of the molecule is CC(C)(C)C(O[SiH](c1ccccc1)c1ccccc1)[C@@H]1CCC[C@H](O)C1. The van der Waals surface area contributed by atoms with Crippen LogP contribution in [0.4, 0.5) is 0 Å². The average Bonchev–Trinajstić information content (AvgIpc) is 2.63. The molecular formula is C23H32O2Si. The zero-order valence-electron chi connectivity index (χ0n) is 16.3. The van der Waals surface area contributed by atoms with Crippen LogP contribution < -0.4 is 10.4 Å². The van der Waals surface area contributed by atoms with E-state index < -0.39 is 9.04 Å². The normalized spacial score (nSPS) is 22.3. The molecule has 0 saturated heterocycles. The van der Waals surface area contributed by atoms with Crippen molar-refractivity contribution in [3.8, 4) is 0 Å². The van der Waals surface area contributed by atoms with E-state index in [4.69, 9.17) is 4.43 Å². The van der Waals surface area contributed by atoms with Crippen molar-refractivity contribution in [3.05, 3.63) is 60.7 Å². The monoisotopic (exact) mass is 368 g/mol. The van der Waals surface area contributed by atoms with Crippen LogP contribution in [0.2, 0.25) is 0 Å². The number of aliphatic hydroxyl groups is 1. The second-order valence-electron chi connectivity index (χ2n) is 8.70. The molecule has 0 aromatic heterocycles. The number of hydrogen-bond acceptors (Lipinski definition) is 2. The summed E-state index contributed by atoms with van der Waals surface area (Å²) in [5, 5.41) is 12.9. The minimum atomic E-state index is -1.78. The number of rotatable bonds is 5. The summed E-state index contributed by atoms with van der Waals surface area (Å²) < 4.78 is 7.00. The third-order valence-corrected chi connectivity index (χ3v) is 8.00. The number of aliphatic hydroxyl groups excluding tert-OH is 1. The van der Waals surface area contributed by atoms with Gasteiger partial charge in [0, 0.05) is 0 Å². The van der Waals surface area contributed by atoms with Crippen molar-refractivity contribution >= 4 is 19.4 Å². The summed E-state index contributed by atoms with van der Waals surface area (Å²) in [4.78, 5) is 0. The Bertz CT molecular complexity index is 626. The van der Waals surface area contributed by atoms with Crippen LogP contribution in [0.25, 0.3) is 0 Å². The highest BCUT2D eigenvalue weighted by Gasteiger charge is 2.38. The maximum absolute atomic E-state index is 10.2. The predicted molar refractivity (Wildman–Crippen MR) is 112 cm³/mol. The van der Waals surface area contributed by atoms with Gasteiger partial charge in [0.25, 0.3) is 0 Å². The molecule has 0 bridgehead atoms. The van der Waals surface area contributed by atoms with Crippen molar-refractivity contribution in [1.82, 2.24) is 0 Å². The first-order valence-electron chi connectivity index (χ1n) is 9.88. The number of benzene rings is 2. The Labute approximate surface area is 160 Å². The summed E-state index contributed by atoms with van der Waals surface area (Å²) in [6, 6.07) is 21.4. The largest absolute Gasteiger partial charge is 0.407 e. The Hall–Kier alpha value is -1.42. The zero-order chi connectivity index (χ0) is 18.6. The molecular weight excluding hydrogens is 336 g/mol. The lowest BCUT2D eigenvalue weighted by atomic mass is 9.74. The molecule has 3 atom stereocenters. The first-order valence-corrected chi connectivity index (χ1v) is 11.5. The van der Waals surface area contributed by atoms with E-state index >= 15 is 0 Å². The second-order valence-corrected chi connectivity index (χ2v) is 11.1. The fraction of sp³-hybridized carbons (Fsp3) is 0.478. The van der Waals surface area contributed by atoms with E-state index in [-0.39, 0.29) is 17.6 Å². The summed E-state index contributed by atoms with van der Waals surface area (Å²) in [7, 11) is -1.78. The van der Waals surface area contributed by atoms with Crippen LogP contribution in [0.1, 0.15) is 46.5 Å². The van der Waals surface area contributed by atoms with Gasteiger partial charge in [-0.15, -0.1) is 0 Å². The molecule has 3 heteroatoms. The smallest absolute Gasteiger partial charge is 0.240 e. The molecule has 140 valence electrons. The van der Waals surface area contributed by atoms with Gasteiger partial charge in [-0.2, -0.15) is 0 Å². The van der Waals surface area contributed by atoms with Crippen molar-refractivity contribution in [2.75, 3.05) is 0 Å². The standard InChI is InChI=1S/C23H32O2Si/c1-23(2,3)22(18-11-10-12-19(24)17-18)25-26(20-13-6-4-7-14-20)21-15-8-5-9-16-21/h4-9,13-16,18-19,22,24,26H,10-12,17H2,1-3H3/t18-,19+,22?/m1/s1. The van der Waals surface area contributed by atoms with Crippen LogP contribution in [0, 0.1) is 11.3 Å². The Balaban J connectivity index is 1.92. The molecule has 3 rings (SSSR count). The average molecular weight is 369 g/mol. The molecule has 0 aliphatic heterocycles. The maximum atomic E-state index is 10.2. The first kappa shape index (κ1) is 19.3. The lowest BCUT2D eigenvalue weighted by molar-refractivity contribution is -0.0104. The molecule has 26 heavy (non-hydrogen) atoms. The number of hydrogen-bond donors (Lipinski definition) is 1. The third kappa shape index (κ3) is 4.85. The minimum absolute atomic E-state index is 0.0521. The van der Waals surface area contributed by atoms with Gasteiger partial charge in [0.2, 0.25) is 9.04 Å². The van der Waals surface area contributed by atoms with Gasteiger partial charge in [0.15, 0.2) is 0 Å². The molecule has 1 unspecified atom stereocenters. The van der Waals surface area contributed by atoms with E-state index in [2.05, 4.69) is 81.4 Å². The summed E-state index contributed by atoms with van der Waals surface area (Å²) in [6.07, 6.45) is 4.05. The molecule has 0 spiro atoms. The summed E-state index contributed by atoms with van der Waals surface area (Å²) in [5.74, 6) is 0.432. The van der Waals surface area contributed by atoms with Gasteiger partial charge in [0.05, 0.1) is 12.2 Å². The molecule has 1 aliphatic rings. The van der Waals surface area contributed by atoms with E-state index in [0.717, 1.165) is 25.7 Å². The van der Waals surface area contributed by atoms with Crippen LogP contribution >= 0.6 is 0 Å². The topological polar surface area (TPSA) is 29.5 Å². The highest BCUT2D eigenvalue weighted by molar-refractivity contribution is 6.80. The van der Waals surface area contributed by atoms with Gasteiger partial charge in [-0.05, 0) is 41.0 Å². The van der Waals surface area contributed by atoms with Crippen molar-refractivity contribution < 1.29 is 9.53 Å². The summed E-state index contributed by atoms with van der Waals surface area (Å²) >= 11 is 0. The third-order valence-electron chi connectivity index (χ3n) is 5.46. The van der Waals surface area contributed by atoms with Crippen molar-refractivity contribution in [2.24, 2.45) is 11.3 Å². The van der Waals surface area contributed by atoms with Crippen LogP contribution in [-0.4, -0.2) is 26.4 Å². The Morgan fingerprint density at radius 2 is 1.46 bits per heavy atom. The van der Waals surface area contributed by atoms with Crippen molar-refractivity contribution in [1.29, 1.82) is 0 Å². The molecule has 2 nitrogen and oxygen atoms in total. The quantitative estimate of drug-likeness (QED) is 0.819. The maximum Gasteiger partial charge on any atom is 0.240 e.